The lowest BCUT2D eigenvalue weighted by Gasteiger charge is -2.23. The van der Waals surface area contributed by atoms with Gasteiger partial charge in [-0.1, -0.05) is 76.1 Å². The molecule has 0 aliphatic heterocycles. The number of imide groups is 1. The third-order valence-corrected chi connectivity index (χ3v) is 6.11. The minimum atomic E-state index is -1.03. The number of nitrogens with one attached hydrogen (secondary N) is 3. The topological polar surface area (TPSA) is 113 Å². The van der Waals surface area contributed by atoms with Gasteiger partial charge in [0.25, 0.3) is 0 Å². The Morgan fingerprint density at radius 1 is 0.892 bits per heavy atom. The molecular weight excluding hydrogens is 471 g/mol. The van der Waals surface area contributed by atoms with E-state index in [1.54, 1.807) is 12.1 Å². The molecule has 5 N–H and O–H groups in total. The lowest BCUT2D eigenvalue weighted by Crippen LogP contribution is -2.56. The number of rotatable bonds is 15. The maximum atomic E-state index is 13.4. The van der Waals surface area contributed by atoms with Gasteiger partial charge in [0.15, 0.2) is 0 Å². The molecule has 0 saturated carbocycles. The van der Waals surface area contributed by atoms with E-state index < -0.39 is 41.7 Å². The zero-order valence-electron chi connectivity index (χ0n) is 22.1. The maximum Gasteiger partial charge on any atom is 0.249 e. The lowest BCUT2D eigenvalue weighted by atomic mass is 10.0. The van der Waals surface area contributed by atoms with Crippen molar-refractivity contribution in [2.45, 2.75) is 77.4 Å². The van der Waals surface area contributed by atoms with E-state index in [1.807, 2.05) is 51.1 Å². The number of unbranched alkanes of at least 4 members (excludes halogenated alkanes) is 1. The highest BCUT2D eigenvalue weighted by molar-refractivity contribution is 6.01. The second-order valence-corrected chi connectivity index (χ2v) is 9.87. The van der Waals surface area contributed by atoms with Gasteiger partial charge in [0.1, 0.15) is 11.9 Å². The summed E-state index contributed by atoms with van der Waals surface area (Å²) in [4.78, 5) is 39.0. The Hall–Kier alpha value is -3.10. The Balaban J connectivity index is 2.08. The van der Waals surface area contributed by atoms with Gasteiger partial charge in [-0.25, -0.2) is 4.39 Å². The fraction of sp³-hybridized carbons (Fsp3) is 0.483. The molecule has 2 rings (SSSR count). The summed E-state index contributed by atoms with van der Waals surface area (Å²) < 4.78 is 13.4. The molecular formula is C29H41FN4O3. The number of carbonyl (C=O) groups excluding carboxylic acids is 3. The molecule has 0 bridgehead atoms. The van der Waals surface area contributed by atoms with Gasteiger partial charge in [0, 0.05) is 6.42 Å². The molecule has 1 unspecified atom stereocenters. The zero-order chi connectivity index (χ0) is 27.2. The largest absolute Gasteiger partial charge is 0.343 e. The van der Waals surface area contributed by atoms with Crippen molar-refractivity contribution < 1.29 is 18.8 Å². The molecule has 202 valence electrons. The van der Waals surface area contributed by atoms with Crippen molar-refractivity contribution in [3.8, 4) is 0 Å². The van der Waals surface area contributed by atoms with E-state index in [1.165, 1.54) is 12.1 Å². The van der Waals surface area contributed by atoms with Gasteiger partial charge in [-0.15, -0.1) is 0 Å². The van der Waals surface area contributed by atoms with Crippen molar-refractivity contribution in [3.63, 3.8) is 0 Å². The average molecular weight is 513 g/mol. The number of nitrogens with two attached hydrogens (primary N) is 1. The van der Waals surface area contributed by atoms with Crippen molar-refractivity contribution in [2.75, 3.05) is 6.54 Å². The summed E-state index contributed by atoms with van der Waals surface area (Å²) in [6, 6.07) is 13.3. The van der Waals surface area contributed by atoms with Crippen LogP contribution < -0.4 is 21.7 Å². The summed E-state index contributed by atoms with van der Waals surface area (Å²) in [6.07, 6.45) is 3.56. The summed E-state index contributed by atoms with van der Waals surface area (Å²) in [6.45, 7) is 6.60. The van der Waals surface area contributed by atoms with E-state index >= 15 is 0 Å². The summed E-state index contributed by atoms with van der Waals surface area (Å²) in [5.74, 6) is -1.70. The molecule has 2 aromatic rings. The quantitative estimate of drug-likeness (QED) is 0.293. The third kappa shape index (κ3) is 11.2. The number of benzene rings is 2. The molecule has 7 nitrogen and oxygen atoms in total. The third-order valence-electron chi connectivity index (χ3n) is 6.11. The predicted octanol–water partition coefficient (Wildman–Crippen LogP) is 3.26. The van der Waals surface area contributed by atoms with Crippen LogP contribution in [0.4, 0.5) is 4.39 Å². The normalized spacial score (nSPS) is 13.6. The maximum absolute atomic E-state index is 13.4. The van der Waals surface area contributed by atoms with Crippen LogP contribution in [0, 0.1) is 11.7 Å². The summed E-state index contributed by atoms with van der Waals surface area (Å²) in [7, 11) is 0. The van der Waals surface area contributed by atoms with E-state index in [9.17, 15) is 18.8 Å². The van der Waals surface area contributed by atoms with E-state index in [4.69, 9.17) is 5.73 Å². The standard InChI is InChI=1S/C29H41FN4O3/c1-4-5-11-24(31)27(35)33-26(19-22-12-14-23(30)15-13-22)29(37)34-28(36)25(18-20(2)3)32-17-16-21-9-7-6-8-10-21/h6-10,12-15,20,24-26,32H,4-5,11,16-19,31H2,1-3H3,(H,33,35)(H,34,36,37)/t24-,25-,26?/m0/s1. The number of carbonyl (C=O) groups is 3. The van der Waals surface area contributed by atoms with Crippen LogP contribution in [0.5, 0.6) is 0 Å². The molecule has 2 aromatic carbocycles. The first-order chi connectivity index (χ1) is 17.7. The van der Waals surface area contributed by atoms with Crippen LogP contribution in [0.15, 0.2) is 54.6 Å². The van der Waals surface area contributed by atoms with Crippen molar-refractivity contribution in [2.24, 2.45) is 11.7 Å². The molecule has 0 heterocycles. The second-order valence-electron chi connectivity index (χ2n) is 9.87. The van der Waals surface area contributed by atoms with E-state index in [-0.39, 0.29) is 12.3 Å². The molecule has 3 amide bonds. The SMILES string of the molecule is CCCC[C@H](N)C(=O)NC(Cc1ccc(F)cc1)C(=O)NC(=O)[C@H](CC(C)C)NCCc1ccccc1. The van der Waals surface area contributed by atoms with Gasteiger partial charge in [0.05, 0.1) is 12.1 Å². The first kappa shape index (κ1) is 30.1. The van der Waals surface area contributed by atoms with E-state index in [0.29, 0.717) is 24.9 Å². The van der Waals surface area contributed by atoms with Crippen molar-refractivity contribution >= 4 is 17.7 Å². The van der Waals surface area contributed by atoms with Crippen LogP contribution in [0.25, 0.3) is 0 Å². The molecule has 0 saturated heterocycles. The highest BCUT2D eigenvalue weighted by atomic mass is 19.1. The molecule has 37 heavy (non-hydrogen) atoms. The van der Waals surface area contributed by atoms with E-state index in [0.717, 1.165) is 24.8 Å². The Kier molecular flexibility index (Phi) is 12.9. The summed E-state index contributed by atoms with van der Waals surface area (Å²) >= 11 is 0. The average Bonchev–Trinajstić information content (AvgIpc) is 2.87. The Morgan fingerprint density at radius 3 is 2.16 bits per heavy atom. The Bertz CT molecular complexity index is 982. The highest BCUT2D eigenvalue weighted by Crippen LogP contribution is 2.09. The van der Waals surface area contributed by atoms with Gasteiger partial charge in [-0.2, -0.15) is 0 Å². The Labute approximate surface area is 219 Å². The first-order valence-corrected chi connectivity index (χ1v) is 13.1. The molecule has 0 aliphatic rings. The van der Waals surface area contributed by atoms with E-state index in [2.05, 4.69) is 16.0 Å². The molecule has 8 heteroatoms. The minimum Gasteiger partial charge on any atom is -0.343 e. The predicted molar refractivity (Wildman–Crippen MR) is 144 cm³/mol. The lowest BCUT2D eigenvalue weighted by molar-refractivity contribution is -0.135. The number of hydrogen-bond donors (Lipinski definition) is 4. The van der Waals surface area contributed by atoms with Crippen molar-refractivity contribution in [1.29, 1.82) is 0 Å². The van der Waals surface area contributed by atoms with Crippen LogP contribution in [-0.2, 0) is 27.2 Å². The monoisotopic (exact) mass is 512 g/mol. The van der Waals surface area contributed by atoms with Crippen LogP contribution in [0.1, 0.15) is 57.6 Å². The second kappa shape index (κ2) is 15.9. The van der Waals surface area contributed by atoms with Crippen LogP contribution in [0.2, 0.25) is 0 Å². The number of halogens is 1. The molecule has 0 spiro atoms. The van der Waals surface area contributed by atoms with Gasteiger partial charge < -0.3 is 16.4 Å². The van der Waals surface area contributed by atoms with Gasteiger partial charge >= 0.3 is 0 Å². The zero-order valence-corrected chi connectivity index (χ0v) is 22.1. The van der Waals surface area contributed by atoms with Crippen molar-refractivity contribution in [1.82, 2.24) is 16.0 Å². The smallest absolute Gasteiger partial charge is 0.249 e. The molecule has 0 aliphatic carbocycles. The van der Waals surface area contributed by atoms with Crippen LogP contribution in [-0.4, -0.2) is 42.4 Å². The fourth-order valence-electron chi connectivity index (χ4n) is 3.98. The van der Waals surface area contributed by atoms with Crippen LogP contribution >= 0.6 is 0 Å². The van der Waals surface area contributed by atoms with Gasteiger partial charge in [0.2, 0.25) is 17.7 Å². The molecule has 0 aromatic heterocycles. The van der Waals surface area contributed by atoms with Crippen molar-refractivity contribution in [3.05, 3.63) is 71.5 Å². The van der Waals surface area contributed by atoms with Crippen LogP contribution in [0.3, 0.4) is 0 Å². The molecule has 3 atom stereocenters. The number of hydrogen-bond acceptors (Lipinski definition) is 5. The van der Waals surface area contributed by atoms with Gasteiger partial charge in [-0.05, 0) is 55.0 Å². The molecule has 0 radical (unpaired) electrons. The summed E-state index contributed by atoms with van der Waals surface area (Å²) in [5.41, 5.74) is 7.80. The molecule has 0 fully saturated rings. The fourth-order valence-corrected chi connectivity index (χ4v) is 3.98. The Morgan fingerprint density at radius 2 is 1.54 bits per heavy atom. The van der Waals surface area contributed by atoms with Gasteiger partial charge in [-0.3, -0.25) is 19.7 Å². The minimum absolute atomic E-state index is 0.0991. The highest BCUT2D eigenvalue weighted by Gasteiger charge is 2.28. The summed E-state index contributed by atoms with van der Waals surface area (Å²) in [5, 5.41) is 8.45. The number of amides is 3. The first-order valence-electron chi connectivity index (χ1n) is 13.1.